The molecule has 0 unspecified atom stereocenters. The second kappa shape index (κ2) is 5.09. The van der Waals surface area contributed by atoms with Crippen LogP contribution < -0.4 is 0 Å². The van der Waals surface area contributed by atoms with Gasteiger partial charge in [0.25, 0.3) is 0 Å². The number of halogens is 2. The van der Waals surface area contributed by atoms with Crippen molar-refractivity contribution in [2.45, 2.75) is 13.5 Å². The van der Waals surface area contributed by atoms with Crippen molar-refractivity contribution in [1.29, 1.82) is 0 Å². The van der Waals surface area contributed by atoms with Crippen LogP contribution in [0.3, 0.4) is 0 Å². The van der Waals surface area contributed by atoms with Crippen LogP contribution in [-0.4, -0.2) is 5.97 Å². The van der Waals surface area contributed by atoms with E-state index in [2.05, 4.69) is 38.4 Å². The van der Waals surface area contributed by atoms with Crippen molar-refractivity contribution in [3.8, 4) is 0 Å². The summed E-state index contributed by atoms with van der Waals surface area (Å²) in [7, 11) is 0. The Bertz CT molecular complexity index is 351. The molecule has 0 N–H and O–H groups in total. The standard InChI is InChI=1S/C9H8Br2O2S/c1-5(2)9(12)13-4-6-3-7(10)8(11)14-6/h3H,1,4H2,2H3. The zero-order chi connectivity index (χ0) is 10.7. The van der Waals surface area contributed by atoms with Gasteiger partial charge in [0.2, 0.25) is 0 Å². The molecule has 76 valence electrons. The Hall–Kier alpha value is -0.130. The molecule has 0 spiro atoms. The minimum Gasteiger partial charge on any atom is -0.457 e. The van der Waals surface area contributed by atoms with Crippen molar-refractivity contribution < 1.29 is 9.53 Å². The SMILES string of the molecule is C=C(C)C(=O)OCc1cc(Br)c(Br)s1. The Morgan fingerprint density at radius 3 is 2.71 bits per heavy atom. The highest BCUT2D eigenvalue weighted by Gasteiger charge is 2.07. The molecule has 0 aliphatic rings. The molecule has 0 amide bonds. The topological polar surface area (TPSA) is 26.3 Å². The first-order valence-electron chi connectivity index (χ1n) is 3.77. The van der Waals surface area contributed by atoms with Gasteiger partial charge < -0.3 is 4.74 Å². The van der Waals surface area contributed by atoms with Gasteiger partial charge in [0.15, 0.2) is 0 Å². The van der Waals surface area contributed by atoms with E-state index >= 15 is 0 Å². The predicted molar refractivity (Wildman–Crippen MR) is 64.3 cm³/mol. The molecule has 1 heterocycles. The van der Waals surface area contributed by atoms with Crippen LogP contribution >= 0.6 is 43.2 Å². The van der Waals surface area contributed by atoms with Crippen LogP contribution in [0.1, 0.15) is 11.8 Å². The van der Waals surface area contributed by atoms with Gasteiger partial charge in [0.1, 0.15) is 6.61 Å². The largest absolute Gasteiger partial charge is 0.457 e. The predicted octanol–water partition coefficient (Wildman–Crippen LogP) is 3.89. The molecular formula is C9H8Br2O2S. The van der Waals surface area contributed by atoms with E-state index in [0.29, 0.717) is 12.2 Å². The normalized spacial score (nSPS) is 9.93. The minimum atomic E-state index is -0.356. The van der Waals surface area contributed by atoms with Crippen molar-refractivity contribution in [1.82, 2.24) is 0 Å². The highest BCUT2D eigenvalue weighted by atomic mass is 79.9. The Labute approximate surface area is 103 Å². The van der Waals surface area contributed by atoms with Crippen LogP contribution in [-0.2, 0) is 16.1 Å². The third kappa shape index (κ3) is 3.22. The number of rotatable bonds is 3. The lowest BCUT2D eigenvalue weighted by atomic mass is 10.4. The summed E-state index contributed by atoms with van der Waals surface area (Å²) in [6, 6.07) is 1.92. The van der Waals surface area contributed by atoms with Crippen molar-refractivity contribution >= 4 is 49.2 Å². The summed E-state index contributed by atoms with van der Waals surface area (Å²) < 4.78 is 6.96. The van der Waals surface area contributed by atoms with Crippen LogP contribution in [0.25, 0.3) is 0 Å². The van der Waals surface area contributed by atoms with Crippen LogP contribution in [0.2, 0.25) is 0 Å². The Morgan fingerprint density at radius 2 is 2.29 bits per heavy atom. The summed E-state index contributed by atoms with van der Waals surface area (Å²) in [5, 5.41) is 0. The van der Waals surface area contributed by atoms with E-state index in [1.807, 2.05) is 6.07 Å². The fourth-order valence-corrected chi connectivity index (χ4v) is 2.81. The van der Waals surface area contributed by atoms with E-state index in [0.717, 1.165) is 13.1 Å². The van der Waals surface area contributed by atoms with E-state index in [-0.39, 0.29) is 5.97 Å². The summed E-state index contributed by atoms with van der Waals surface area (Å²) in [6.07, 6.45) is 0. The molecule has 0 saturated carbocycles. The number of hydrogen-bond donors (Lipinski definition) is 0. The van der Waals surface area contributed by atoms with Crippen LogP contribution in [0, 0.1) is 0 Å². The number of carbonyl (C=O) groups is 1. The summed E-state index contributed by atoms with van der Waals surface area (Å²) >= 11 is 8.25. The Balaban J connectivity index is 2.54. The molecule has 2 nitrogen and oxygen atoms in total. The maximum Gasteiger partial charge on any atom is 0.333 e. The molecule has 0 fully saturated rings. The van der Waals surface area contributed by atoms with Crippen molar-refractivity contribution in [3.63, 3.8) is 0 Å². The molecule has 0 atom stereocenters. The number of carbonyl (C=O) groups excluding carboxylic acids is 1. The smallest absolute Gasteiger partial charge is 0.333 e. The quantitative estimate of drug-likeness (QED) is 0.616. The number of hydrogen-bond acceptors (Lipinski definition) is 3. The van der Waals surface area contributed by atoms with Crippen molar-refractivity contribution in [3.05, 3.63) is 31.4 Å². The Morgan fingerprint density at radius 1 is 1.64 bits per heavy atom. The van der Waals surface area contributed by atoms with E-state index in [9.17, 15) is 4.79 Å². The number of ether oxygens (including phenoxy) is 1. The molecule has 1 aromatic heterocycles. The molecule has 0 aromatic carbocycles. The molecule has 0 aliphatic heterocycles. The molecule has 14 heavy (non-hydrogen) atoms. The average molecular weight is 340 g/mol. The third-order valence-corrected chi connectivity index (χ3v) is 4.62. The van der Waals surface area contributed by atoms with E-state index in [4.69, 9.17) is 4.74 Å². The van der Waals surface area contributed by atoms with Crippen molar-refractivity contribution in [2.24, 2.45) is 0 Å². The number of esters is 1. The lowest BCUT2D eigenvalue weighted by molar-refractivity contribution is -0.140. The van der Waals surface area contributed by atoms with E-state index in [1.54, 1.807) is 6.92 Å². The first-order chi connectivity index (χ1) is 6.50. The van der Waals surface area contributed by atoms with Gasteiger partial charge in [0.05, 0.1) is 3.79 Å². The van der Waals surface area contributed by atoms with Gasteiger partial charge in [-0.3, -0.25) is 0 Å². The number of thiophene rings is 1. The average Bonchev–Trinajstić information content (AvgIpc) is 2.42. The van der Waals surface area contributed by atoms with Gasteiger partial charge in [-0.1, -0.05) is 6.58 Å². The van der Waals surface area contributed by atoms with E-state index < -0.39 is 0 Å². The first-order valence-corrected chi connectivity index (χ1v) is 6.17. The lowest BCUT2D eigenvalue weighted by Crippen LogP contribution is -2.03. The van der Waals surface area contributed by atoms with Gasteiger partial charge >= 0.3 is 5.97 Å². The highest BCUT2D eigenvalue weighted by Crippen LogP contribution is 2.32. The monoisotopic (exact) mass is 338 g/mol. The molecular weight excluding hydrogens is 332 g/mol. The highest BCUT2D eigenvalue weighted by molar-refractivity contribution is 9.13. The first kappa shape index (κ1) is 11.9. The lowest BCUT2D eigenvalue weighted by Gasteiger charge is -2.00. The second-order valence-electron chi connectivity index (χ2n) is 2.69. The van der Waals surface area contributed by atoms with Gasteiger partial charge in [-0.25, -0.2) is 4.79 Å². The fourth-order valence-electron chi connectivity index (χ4n) is 0.722. The van der Waals surface area contributed by atoms with E-state index in [1.165, 1.54) is 11.3 Å². The molecule has 1 rings (SSSR count). The Kier molecular flexibility index (Phi) is 4.34. The molecule has 0 bridgehead atoms. The summed E-state index contributed by atoms with van der Waals surface area (Å²) in [6.45, 7) is 5.42. The van der Waals surface area contributed by atoms with Crippen molar-refractivity contribution in [2.75, 3.05) is 0 Å². The summed E-state index contributed by atoms with van der Waals surface area (Å²) in [4.78, 5) is 12.1. The summed E-state index contributed by atoms with van der Waals surface area (Å²) in [5.41, 5.74) is 0.416. The van der Waals surface area contributed by atoms with Gasteiger partial charge in [-0.05, 0) is 44.8 Å². The molecule has 0 aliphatic carbocycles. The molecule has 1 aromatic rings. The van der Waals surface area contributed by atoms with Crippen LogP contribution in [0.15, 0.2) is 26.5 Å². The van der Waals surface area contributed by atoms with Crippen LogP contribution in [0.5, 0.6) is 0 Å². The zero-order valence-corrected chi connectivity index (χ0v) is 11.5. The molecule has 0 saturated heterocycles. The van der Waals surface area contributed by atoms with Gasteiger partial charge in [-0.15, -0.1) is 11.3 Å². The fraction of sp³-hybridized carbons (Fsp3) is 0.222. The zero-order valence-electron chi connectivity index (χ0n) is 7.47. The molecule has 0 radical (unpaired) electrons. The third-order valence-electron chi connectivity index (χ3n) is 1.39. The van der Waals surface area contributed by atoms with Gasteiger partial charge in [0, 0.05) is 14.9 Å². The second-order valence-corrected chi connectivity index (χ2v) is 6.00. The minimum absolute atomic E-state index is 0.292. The maximum atomic E-state index is 11.1. The van der Waals surface area contributed by atoms with Crippen LogP contribution in [0.4, 0.5) is 0 Å². The maximum absolute atomic E-state index is 11.1. The molecule has 5 heteroatoms. The van der Waals surface area contributed by atoms with Gasteiger partial charge in [-0.2, -0.15) is 0 Å². The summed E-state index contributed by atoms with van der Waals surface area (Å²) in [5.74, 6) is -0.356.